The second-order valence-electron chi connectivity index (χ2n) is 12.9. The van der Waals surface area contributed by atoms with Gasteiger partial charge in [-0.25, -0.2) is 15.0 Å². The molecule has 0 spiro atoms. The molecular weight excluding hydrogens is 635 g/mol. The Balaban J connectivity index is 1.12. The quantitative estimate of drug-likeness (QED) is 0.178. The van der Waals surface area contributed by atoms with Crippen LogP contribution in [0.2, 0.25) is 0 Å². The number of hydrogen-bond acceptors (Lipinski definition) is 3. The largest absolute Gasteiger partial charge is 0.293 e. The van der Waals surface area contributed by atoms with Gasteiger partial charge in [0.15, 0.2) is 17.5 Å². The second kappa shape index (κ2) is 12.3. The molecule has 0 amide bonds. The highest BCUT2D eigenvalue weighted by atomic mass is 15.1. The van der Waals surface area contributed by atoms with Gasteiger partial charge < -0.3 is 0 Å². The lowest BCUT2D eigenvalue weighted by Gasteiger charge is -2.11. The molecule has 10 aromatic rings. The molecule has 0 aliphatic heterocycles. The summed E-state index contributed by atoms with van der Waals surface area (Å²) >= 11 is 0. The molecular formula is C47H31N5. The normalized spacial score (nSPS) is 11.5. The average molecular weight is 666 g/mol. The number of fused-ring (bicyclic) bond motifs is 5. The molecule has 0 atom stereocenters. The standard InChI is InChI=1S/C47H31N5/c1-4-14-32(15-5-1)33-24-26-36(27-25-33)45-48-44(35-18-8-3-9-19-35)49-46(50-45)37-28-30-38(31-29-37)51-41-22-12-13-23-42(41)52-40-21-11-10-20-39(40)43(47(51)52)34-16-6-2-7-17-34/h1-31H. The summed E-state index contributed by atoms with van der Waals surface area (Å²) < 4.78 is 4.78. The molecule has 0 saturated heterocycles. The maximum absolute atomic E-state index is 5.04. The zero-order chi connectivity index (χ0) is 34.4. The van der Waals surface area contributed by atoms with Gasteiger partial charge in [0.1, 0.15) is 5.65 Å². The molecule has 3 aromatic heterocycles. The maximum atomic E-state index is 5.04. The Kier molecular flexibility index (Phi) is 7.07. The van der Waals surface area contributed by atoms with Crippen LogP contribution in [0.25, 0.3) is 89.7 Å². The second-order valence-corrected chi connectivity index (χ2v) is 12.9. The molecule has 0 unspecified atom stereocenters. The molecule has 5 nitrogen and oxygen atoms in total. The van der Waals surface area contributed by atoms with Crippen molar-refractivity contribution in [2.24, 2.45) is 0 Å². The molecule has 0 radical (unpaired) electrons. The van der Waals surface area contributed by atoms with E-state index in [1.54, 1.807) is 0 Å². The number of aromatic nitrogens is 5. The minimum atomic E-state index is 0.628. The van der Waals surface area contributed by atoms with Gasteiger partial charge in [-0.15, -0.1) is 0 Å². The number of imidazole rings is 1. The van der Waals surface area contributed by atoms with Crippen LogP contribution in [0.5, 0.6) is 0 Å². The van der Waals surface area contributed by atoms with Crippen LogP contribution in [0.4, 0.5) is 0 Å². The summed E-state index contributed by atoms with van der Waals surface area (Å²) in [5.41, 5.74) is 13.2. The van der Waals surface area contributed by atoms with E-state index >= 15 is 0 Å². The van der Waals surface area contributed by atoms with Crippen LogP contribution in [0.3, 0.4) is 0 Å². The summed E-state index contributed by atoms with van der Waals surface area (Å²) in [6.45, 7) is 0. The molecule has 5 heteroatoms. The number of benzene rings is 7. The Morgan fingerprint density at radius 2 is 0.712 bits per heavy atom. The van der Waals surface area contributed by atoms with Gasteiger partial charge in [-0.3, -0.25) is 8.97 Å². The van der Waals surface area contributed by atoms with Crippen LogP contribution in [0.1, 0.15) is 0 Å². The van der Waals surface area contributed by atoms with E-state index in [4.69, 9.17) is 15.0 Å². The van der Waals surface area contributed by atoms with Crippen molar-refractivity contribution in [3.05, 3.63) is 188 Å². The molecule has 0 aliphatic rings. The summed E-state index contributed by atoms with van der Waals surface area (Å²) in [5, 5.41) is 1.22. The van der Waals surface area contributed by atoms with Gasteiger partial charge in [-0.2, -0.15) is 0 Å². The first-order valence-corrected chi connectivity index (χ1v) is 17.5. The van der Waals surface area contributed by atoms with Crippen molar-refractivity contribution < 1.29 is 0 Å². The Bertz CT molecular complexity index is 2860. The third-order valence-electron chi connectivity index (χ3n) is 9.79. The van der Waals surface area contributed by atoms with Gasteiger partial charge in [0.25, 0.3) is 0 Å². The lowest BCUT2D eigenvalue weighted by molar-refractivity contribution is 1.07. The molecule has 0 N–H and O–H groups in total. The van der Waals surface area contributed by atoms with E-state index in [1.165, 1.54) is 27.6 Å². The van der Waals surface area contributed by atoms with E-state index in [1.807, 2.05) is 36.4 Å². The van der Waals surface area contributed by atoms with Crippen molar-refractivity contribution in [3.63, 3.8) is 0 Å². The Labute approximate surface area is 300 Å². The van der Waals surface area contributed by atoms with E-state index in [0.29, 0.717) is 17.5 Å². The number of para-hydroxylation sites is 3. The van der Waals surface area contributed by atoms with Gasteiger partial charge in [-0.1, -0.05) is 146 Å². The number of nitrogens with zero attached hydrogens (tertiary/aromatic N) is 5. The van der Waals surface area contributed by atoms with Gasteiger partial charge in [-0.05, 0) is 59.2 Å². The van der Waals surface area contributed by atoms with Crippen molar-refractivity contribution in [2.45, 2.75) is 0 Å². The van der Waals surface area contributed by atoms with Gasteiger partial charge in [0.2, 0.25) is 0 Å². The van der Waals surface area contributed by atoms with Gasteiger partial charge in [0.05, 0.1) is 16.6 Å². The first-order chi connectivity index (χ1) is 25.8. The van der Waals surface area contributed by atoms with Gasteiger partial charge in [0, 0.05) is 33.3 Å². The van der Waals surface area contributed by atoms with E-state index in [0.717, 1.165) is 44.6 Å². The molecule has 0 aliphatic carbocycles. The van der Waals surface area contributed by atoms with Crippen molar-refractivity contribution in [3.8, 4) is 62.1 Å². The van der Waals surface area contributed by atoms with Crippen molar-refractivity contribution in [1.29, 1.82) is 0 Å². The number of hydrogen-bond donors (Lipinski definition) is 0. The van der Waals surface area contributed by atoms with Gasteiger partial charge >= 0.3 is 0 Å². The summed E-state index contributed by atoms with van der Waals surface area (Å²) in [5.74, 6) is 1.91. The molecule has 52 heavy (non-hydrogen) atoms. The predicted molar refractivity (Wildman–Crippen MR) is 212 cm³/mol. The summed E-state index contributed by atoms with van der Waals surface area (Å²) in [6, 6.07) is 65.6. The first kappa shape index (κ1) is 29.8. The topological polar surface area (TPSA) is 48.0 Å². The molecule has 0 fully saturated rings. The van der Waals surface area contributed by atoms with E-state index in [-0.39, 0.29) is 0 Å². The van der Waals surface area contributed by atoms with Crippen molar-refractivity contribution >= 4 is 27.6 Å². The highest BCUT2D eigenvalue weighted by Crippen LogP contribution is 2.40. The zero-order valence-electron chi connectivity index (χ0n) is 28.1. The fourth-order valence-electron chi connectivity index (χ4n) is 7.34. The summed E-state index contributed by atoms with van der Waals surface area (Å²) in [4.78, 5) is 15.0. The molecule has 7 aromatic carbocycles. The third kappa shape index (κ3) is 4.98. The minimum Gasteiger partial charge on any atom is -0.293 e. The SMILES string of the molecule is c1ccc(-c2ccc(-c3nc(-c4ccccc4)nc(-c4ccc(-n5c6ccccc6n6c7ccccc7c(-c7ccccc7)c56)cc4)n3)cc2)cc1. The molecule has 0 saturated carbocycles. The van der Waals surface area contributed by atoms with E-state index < -0.39 is 0 Å². The highest BCUT2D eigenvalue weighted by molar-refractivity contribution is 6.09. The van der Waals surface area contributed by atoms with Crippen LogP contribution >= 0.6 is 0 Å². The monoisotopic (exact) mass is 665 g/mol. The molecule has 10 rings (SSSR count). The van der Waals surface area contributed by atoms with Crippen molar-refractivity contribution in [2.75, 3.05) is 0 Å². The zero-order valence-corrected chi connectivity index (χ0v) is 28.1. The number of rotatable bonds is 6. The molecule has 3 heterocycles. The summed E-state index contributed by atoms with van der Waals surface area (Å²) in [7, 11) is 0. The van der Waals surface area contributed by atoms with Crippen molar-refractivity contribution in [1.82, 2.24) is 23.9 Å². The molecule has 244 valence electrons. The van der Waals surface area contributed by atoms with Crippen LogP contribution in [-0.2, 0) is 0 Å². The highest BCUT2D eigenvalue weighted by Gasteiger charge is 2.22. The predicted octanol–water partition coefficient (Wildman–Crippen LogP) is 11.6. The van der Waals surface area contributed by atoms with Crippen LogP contribution < -0.4 is 0 Å². The average Bonchev–Trinajstić information content (AvgIpc) is 3.74. The lowest BCUT2D eigenvalue weighted by Crippen LogP contribution is -2.00. The van der Waals surface area contributed by atoms with Crippen LogP contribution in [0, 0.1) is 0 Å². The smallest absolute Gasteiger partial charge is 0.164 e. The summed E-state index contributed by atoms with van der Waals surface area (Å²) in [6.07, 6.45) is 0. The van der Waals surface area contributed by atoms with E-state index in [2.05, 4.69) is 161 Å². The first-order valence-electron chi connectivity index (χ1n) is 17.5. The fourth-order valence-corrected chi connectivity index (χ4v) is 7.34. The Hall–Kier alpha value is -7.11. The fraction of sp³-hybridized carbons (Fsp3) is 0. The lowest BCUT2D eigenvalue weighted by atomic mass is 10.0. The minimum absolute atomic E-state index is 0.628. The third-order valence-corrected chi connectivity index (χ3v) is 9.79. The molecule has 0 bridgehead atoms. The Morgan fingerprint density at radius 3 is 1.31 bits per heavy atom. The van der Waals surface area contributed by atoms with Crippen LogP contribution in [0.15, 0.2) is 188 Å². The maximum Gasteiger partial charge on any atom is 0.164 e. The Morgan fingerprint density at radius 1 is 0.308 bits per heavy atom. The van der Waals surface area contributed by atoms with Crippen LogP contribution in [-0.4, -0.2) is 23.9 Å². The van der Waals surface area contributed by atoms with E-state index in [9.17, 15) is 0 Å².